The van der Waals surface area contributed by atoms with Crippen LogP contribution >= 0.6 is 11.3 Å². The zero-order valence-corrected chi connectivity index (χ0v) is 14.9. The Morgan fingerprint density at radius 2 is 2.42 bits per heavy atom. The van der Waals surface area contributed by atoms with E-state index in [-0.39, 0.29) is 6.03 Å². The van der Waals surface area contributed by atoms with Crippen molar-refractivity contribution in [1.82, 2.24) is 25.3 Å². The van der Waals surface area contributed by atoms with Crippen LogP contribution in [0.4, 0.5) is 4.79 Å². The summed E-state index contributed by atoms with van der Waals surface area (Å²) in [4.78, 5) is 24.1. The monoisotopic (exact) mass is 349 g/mol. The van der Waals surface area contributed by atoms with Crippen molar-refractivity contribution in [1.29, 1.82) is 0 Å². The molecule has 0 radical (unpaired) electrons. The van der Waals surface area contributed by atoms with Crippen molar-refractivity contribution < 1.29 is 9.32 Å². The minimum atomic E-state index is -0.0188. The van der Waals surface area contributed by atoms with E-state index in [1.807, 2.05) is 18.0 Å². The minimum absolute atomic E-state index is 0.0188. The molecule has 24 heavy (non-hydrogen) atoms. The van der Waals surface area contributed by atoms with E-state index in [4.69, 9.17) is 4.52 Å². The molecule has 3 heterocycles. The molecule has 0 aliphatic carbocycles. The smallest absolute Gasteiger partial charge is 0.317 e. The van der Waals surface area contributed by atoms with Crippen LogP contribution in [0.5, 0.6) is 0 Å². The number of aromatic nitrogens is 3. The fourth-order valence-electron chi connectivity index (χ4n) is 2.94. The molecule has 0 aromatic carbocycles. The number of nitrogens with one attached hydrogen (secondary N) is 1. The van der Waals surface area contributed by atoms with Crippen LogP contribution in [0.25, 0.3) is 0 Å². The Labute approximate surface area is 145 Å². The predicted octanol–water partition coefficient (Wildman–Crippen LogP) is 2.56. The van der Waals surface area contributed by atoms with Crippen molar-refractivity contribution >= 4 is 17.4 Å². The second-order valence-electron chi connectivity index (χ2n) is 6.13. The Bertz CT molecular complexity index is 684. The fourth-order valence-corrected chi connectivity index (χ4v) is 3.74. The van der Waals surface area contributed by atoms with E-state index >= 15 is 0 Å². The molecule has 0 spiro atoms. The van der Waals surface area contributed by atoms with Gasteiger partial charge in [0.25, 0.3) is 0 Å². The van der Waals surface area contributed by atoms with Crippen LogP contribution < -0.4 is 5.32 Å². The second kappa shape index (κ2) is 7.74. The molecule has 0 bridgehead atoms. The average molecular weight is 349 g/mol. The third-order valence-electron chi connectivity index (χ3n) is 4.18. The Hall–Kier alpha value is -1.96. The third kappa shape index (κ3) is 4.31. The first-order chi connectivity index (χ1) is 11.6. The minimum Gasteiger partial charge on any atom is -0.339 e. The lowest BCUT2D eigenvalue weighted by atomic mass is 9.95. The van der Waals surface area contributed by atoms with Crippen LogP contribution in [0, 0.1) is 12.8 Å². The van der Waals surface area contributed by atoms with Crippen LogP contribution in [0.2, 0.25) is 0 Å². The van der Waals surface area contributed by atoms with Gasteiger partial charge in [-0.25, -0.2) is 9.78 Å². The van der Waals surface area contributed by atoms with Gasteiger partial charge < -0.3 is 14.7 Å². The van der Waals surface area contributed by atoms with Crippen molar-refractivity contribution in [2.24, 2.45) is 5.92 Å². The molecule has 1 aliphatic rings. The molecule has 2 aromatic rings. The van der Waals surface area contributed by atoms with E-state index in [2.05, 4.69) is 27.4 Å². The van der Waals surface area contributed by atoms with E-state index in [0.29, 0.717) is 24.2 Å². The van der Waals surface area contributed by atoms with Gasteiger partial charge in [-0.05, 0) is 32.1 Å². The summed E-state index contributed by atoms with van der Waals surface area (Å²) in [7, 11) is 0. The van der Waals surface area contributed by atoms with Gasteiger partial charge in [0.1, 0.15) is 5.01 Å². The Kier molecular flexibility index (Phi) is 5.44. The first-order valence-corrected chi connectivity index (χ1v) is 9.21. The lowest BCUT2D eigenvalue weighted by Crippen LogP contribution is -2.45. The highest BCUT2D eigenvalue weighted by molar-refractivity contribution is 7.11. The van der Waals surface area contributed by atoms with Crippen LogP contribution in [0.3, 0.4) is 0 Å². The summed E-state index contributed by atoms with van der Waals surface area (Å²) in [5.41, 5.74) is 0. The number of piperidine rings is 1. The normalized spacial score (nSPS) is 17.9. The number of aryl methyl sites for hydroxylation is 2. The van der Waals surface area contributed by atoms with Crippen LogP contribution in [-0.4, -0.2) is 39.1 Å². The SMILES string of the molecule is CCc1cnc(CNC(=O)N2CCCC(Cc3nc(C)no3)C2)s1. The maximum atomic E-state index is 12.4. The van der Waals surface area contributed by atoms with Gasteiger partial charge in [-0.15, -0.1) is 11.3 Å². The number of nitrogens with zero attached hydrogens (tertiary/aromatic N) is 4. The average Bonchev–Trinajstić information content (AvgIpc) is 3.21. The van der Waals surface area contributed by atoms with Crippen LogP contribution in [0.15, 0.2) is 10.7 Å². The van der Waals surface area contributed by atoms with Gasteiger partial charge in [0.15, 0.2) is 5.82 Å². The number of thiazole rings is 1. The molecular formula is C16H23N5O2S. The fraction of sp³-hybridized carbons (Fsp3) is 0.625. The molecular weight excluding hydrogens is 326 g/mol. The number of likely N-dealkylation sites (tertiary alicyclic amines) is 1. The maximum absolute atomic E-state index is 12.4. The van der Waals surface area contributed by atoms with Crippen molar-refractivity contribution in [3.63, 3.8) is 0 Å². The lowest BCUT2D eigenvalue weighted by molar-refractivity contribution is 0.161. The summed E-state index contributed by atoms with van der Waals surface area (Å²) in [6.45, 7) is 5.94. The van der Waals surface area contributed by atoms with Crippen molar-refractivity contribution in [2.75, 3.05) is 13.1 Å². The molecule has 1 atom stereocenters. The van der Waals surface area contributed by atoms with Crippen molar-refractivity contribution in [2.45, 2.75) is 46.1 Å². The molecule has 2 amide bonds. The zero-order valence-electron chi connectivity index (χ0n) is 14.1. The summed E-state index contributed by atoms with van der Waals surface area (Å²) >= 11 is 1.65. The highest BCUT2D eigenvalue weighted by atomic mass is 32.1. The predicted molar refractivity (Wildman–Crippen MR) is 90.8 cm³/mol. The molecule has 1 unspecified atom stereocenters. The molecule has 1 N–H and O–H groups in total. The van der Waals surface area contributed by atoms with Gasteiger partial charge in [-0.1, -0.05) is 12.1 Å². The Morgan fingerprint density at radius 3 is 3.12 bits per heavy atom. The van der Waals surface area contributed by atoms with Gasteiger partial charge in [0, 0.05) is 30.6 Å². The number of carbonyl (C=O) groups is 1. The third-order valence-corrected chi connectivity index (χ3v) is 5.32. The lowest BCUT2D eigenvalue weighted by Gasteiger charge is -2.32. The molecule has 130 valence electrons. The summed E-state index contributed by atoms with van der Waals surface area (Å²) in [5, 5.41) is 7.76. The topological polar surface area (TPSA) is 84.2 Å². The Balaban J connectivity index is 1.49. The summed E-state index contributed by atoms with van der Waals surface area (Å²) in [6.07, 6.45) is 5.68. The van der Waals surface area contributed by atoms with Crippen LogP contribution in [-0.2, 0) is 19.4 Å². The van der Waals surface area contributed by atoms with Crippen LogP contribution in [0.1, 0.15) is 41.4 Å². The molecule has 8 heteroatoms. The number of amides is 2. The molecule has 1 aliphatic heterocycles. The van der Waals surface area contributed by atoms with Gasteiger partial charge in [0.05, 0.1) is 6.54 Å². The first-order valence-electron chi connectivity index (χ1n) is 8.39. The van der Waals surface area contributed by atoms with E-state index in [9.17, 15) is 4.79 Å². The van der Waals surface area contributed by atoms with E-state index in [1.165, 1.54) is 4.88 Å². The standard InChI is InChI=1S/C16H23N5O2S/c1-3-13-8-17-15(24-13)9-18-16(22)21-6-4-5-12(10-21)7-14-19-11(2)20-23-14/h8,12H,3-7,9-10H2,1-2H3,(H,18,22). The highest BCUT2D eigenvalue weighted by Gasteiger charge is 2.25. The summed E-state index contributed by atoms with van der Waals surface area (Å²) in [5.74, 6) is 1.69. The van der Waals surface area contributed by atoms with E-state index in [0.717, 1.165) is 43.8 Å². The van der Waals surface area contributed by atoms with Crippen molar-refractivity contribution in [3.05, 3.63) is 27.8 Å². The zero-order chi connectivity index (χ0) is 16.9. The van der Waals surface area contributed by atoms with E-state index < -0.39 is 0 Å². The molecule has 3 rings (SSSR count). The van der Waals surface area contributed by atoms with Gasteiger partial charge >= 0.3 is 6.03 Å². The largest absolute Gasteiger partial charge is 0.339 e. The molecule has 0 saturated carbocycles. The quantitative estimate of drug-likeness (QED) is 0.897. The summed E-state index contributed by atoms with van der Waals surface area (Å²) < 4.78 is 5.19. The molecule has 1 fully saturated rings. The molecule has 2 aromatic heterocycles. The van der Waals surface area contributed by atoms with E-state index in [1.54, 1.807) is 11.3 Å². The second-order valence-corrected chi connectivity index (χ2v) is 7.33. The maximum Gasteiger partial charge on any atom is 0.317 e. The van der Waals surface area contributed by atoms with Crippen molar-refractivity contribution in [3.8, 4) is 0 Å². The molecule has 1 saturated heterocycles. The number of carbonyl (C=O) groups excluding carboxylic acids is 1. The first kappa shape index (κ1) is 16.9. The van der Waals surface area contributed by atoms with Gasteiger partial charge in [0.2, 0.25) is 5.89 Å². The van der Waals surface area contributed by atoms with Gasteiger partial charge in [-0.2, -0.15) is 4.98 Å². The number of rotatable bonds is 5. The number of hydrogen-bond acceptors (Lipinski definition) is 6. The highest BCUT2D eigenvalue weighted by Crippen LogP contribution is 2.20. The molecule has 7 nitrogen and oxygen atoms in total. The number of hydrogen-bond donors (Lipinski definition) is 1. The Morgan fingerprint density at radius 1 is 1.54 bits per heavy atom. The summed E-state index contributed by atoms with van der Waals surface area (Å²) in [6, 6.07) is -0.0188. The number of urea groups is 1. The van der Waals surface area contributed by atoms with Gasteiger partial charge in [-0.3, -0.25) is 0 Å².